The number of anilines is 3. The van der Waals surface area contributed by atoms with Gasteiger partial charge in [0, 0.05) is 12.6 Å². The van der Waals surface area contributed by atoms with Crippen molar-refractivity contribution in [3.8, 4) is 17.6 Å². The van der Waals surface area contributed by atoms with Gasteiger partial charge in [-0.15, -0.1) is 0 Å². The maximum atomic E-state index is 10.7. The van der Waals surface area contributed by atoms with Crippen LogP contribution in [0.2, 0.25) is 10.3 Å². The molecular weight excluding hydrogens is 712 g/mol. The van der Waals surface area contributed by atoms with Crippen LogP contribution in [0.25, 0.3) is 0 Å². The van der Waals surface area contributed by atoms with Crippen LogP contribution in [0, 0.1) is 21.4 Å². The normalized spacial score (nSPS) is 11.5. The highest BCUT2D eigenvalue weighted by Gasteiger charge is 2.19. The zero-order valence-corrected chi connectivity index (χ0v) is 30.2. The number of carboxylic acids is 1. The third kappa shape index (κ3) is 20.3. The molecule has 0 amide bonds. The molecule has 1 atom stereocenters. The number of aliphatic carboxylic acids is 1. The van der Waals surface area contributed by atoms with E-state index in [1.165, 1.54) is 12.1 Å². The Hall–Kier alpha value is -3.95. The van der Waals surface area contributed by atoms with Crippen LogP contribution in [0.3, 0.4) is 0 Å². The molecule has 0 saturated carbocycles. The number of ether oxygens (including phenoxy) is 1. The van der Waals surface area contributed by atoms with Gasteiger partial charge < -0.3 is 40.6 Å². The third-order valence-corrected chi connectivity index (χ3v) is 5.71. The van der Waals surface area contributed by atoms with Gasteiger partial charge in [-0.1, -0.05) is 29.8 Å². The number of nitriles is 1. The van der Waals surface area contributed by atoms with E-state index in [1.807, 2.05) is 18.3 Å². The lowest BCUT2D eigenvalue weighted by atomic mass is 10.1. The molecule has 0 spiro atoms. The summed E-state index contributed by atoms with van der Waals surface area (Å²) >= 11 is 11.7. The quantitative estimate of drug-likeness (QED) is 0.0532. The average Bonchev–Trinajstić information content (AvgIpc) is 2.95. The second-order valence-corrected chi connectivity index (χ2v) is 14.7. The Labute approximate surface area is 290 Å². The number of hydrogen-bond donors (Lipinski definition) is 6. The van der Waals surface area contributed by atoms with E-state index in [-0.39, 0.29) is 33.4 Å². The molecule has 17 nitrogen and oxygen atoms in total. The van der Waals surface area contributed by atoms with E-state index < -0.39 is 36.9 Å². The van der Waals surface area contributed by atoms with Gasteiger partial charge in [0.2, 0.25) is 17.2 Å². The number of nitrogens with two attached hydrogens (primary N) is 1. The molecule has 0 aliphatic heterocycles. The number of benzene rings is 2. The standard InChI is InChI=1S/C12H9ClN2O3.C9H13ClN6.C3H8NO5P.C3H9S/c13-11-10(18-8-4-2-1-3-5-8)7-6-9(12(11)14)15(16)17;1-4-12-7-13-6(10)14-8(15-7)16-9(2,3)5-11;5-3(6)1-4-2-10(7,8)9;1-4(2)3/h1-7H,14H2;4H2,1-3H3,(H2,12,13,14,15,16);4H,1-2H2,(H,5,6)(H2,7,8,9);1-3H3/q;;;+1/p-1. The van der Waals surface area contributed by atoms with E-state index in [9.17, 15) is 24.4 Å². The summed E-state index contributed by atoms with van der Waals surface area (Å²) in [5, 5.41) is 35.4. The number of para-hydroxylation sites is 1. The Morgan fingerprint density at radius 2 is 1.71 bits per heavy atom. The number of carboxylic acid groups (broad SMARTS) is 1. The lowest BCUT2D eigenvalue weighted by Gasteiger charge is -2.17. The van der Waals surface area contributed by atoms with E-state index in [4.69, 9.17) is 48.9 Å². The first-order chi connectivity index (χ1) is 22.2. The second-order valence-electron chi connectivity index (χ2n) is 9.97. The number of rotatable bonds is 11. The number of aromatic nitrogens is 3. The molecule has 0 aliphatic carbocycles. The Morgan fingerprint density at radius 3 is 2.19 bits per heavy atom. The highest BCUT2D eigenvalue weighted by molar-refractivity contribution is 7.94. The molecule has 264 valence electrons. The van der Waals surface area contributed by atoms with Gasteiger partial charge in [-0.2, -0.15) is 20.2 Å². The van der Waals surface area contributed by atoms with Gasteiger partial charge in [0.05, 0.1) is 42.6 Å². The fourth-order valence-corrected chi connectivity index (χ4v) is 3.42. The van der Waals surface area contributed by atoms with Crippen LogP contribution in [0.5, 0.6) is 11.5 Å². The monoisotopic (exact) mass is 749 g/mol. The van der Waals surface area contributed by atoms with Gasteiger partial charge in [0.1, 0.15) is 35.3 Å². The summed E-state index contributed by atoms with van der Waals surface area (Å²) in [6.45, 7) is 5.56. The van der Waals surface area contributed by atoms with Crippen molar-refractivity contribution in [1.29, 1.82) is 5.26 Å². The molecule has 0 radical (unpaired) electrons. The fourth-order valence-electron chi connectivity index (χ4n) is 2.67. The zero-order valence-electron chi connectivity index (χ0n) is 26.9. The minimum absolute atomic E-state index is 0.0352. The summed E-state index contributed by atoms with van der Waals surface area (Å²) in [6, 6.07) is 13.7. The zero-order chi connectivity index (χ0) is 37.1. The first kappa shape index (κ1) is 44.0. The van der Waals surface area contributed by atoms with Gasteiger partial charge in [-0.3, -0.25) is 20.2 Å². The summed E-state index contributed by atoms with van der Waals surface area (Å²) in [5.41, 5.74) is 4.49. The summed E-state index contributed by atoms with van der Waals surface area (Å²) in [6.07, 6.45) is 5.87. The number of halogens is 2. The largest absolute Gasteiger partial charge is 0.778 e. The molecule has 0 fully saturated rings. The van der Waals surface area contributed by atoms with Gasteiger partial charge in [0.25, 0.3) is 5.69 Å². The van der Waals surface area contributed by atoms with E-state index in [0.29, 0.717) is 29.1 Å². The van der Waals surface area contributed by atoms with E-state index in [1.54, 1.807) is 38.1 Å². The van der Waals surface area contributed by atoms with Crippen LogP contribution in [-0.2, 0) is 20.3 Å². The van der Waals surface area contributed by atoms with E-state index in [2.05, 4.69) is 50.4 Å². The van der Waals surface area contributed by atoms with Crippen LogP contribution in [-0.4, -0.2) is 79.5 Å². The van der Waals surface area contributed by atoms with E-state index in [0.717, 1.165) is 0 Å². The molecule has 3 rings (SSSR count). The van der Waals surface area contributed by atoms with Crippen molar-refractivity contribution in [2.24, 2.45) is 0 Å². The SMILES string of the molecule is CCNc1nc(Cl)nc(NC(C)(C)C#N)n1.C[S+](C)C.Nc1c([N+](=O)[O-])ccc(Oc2ccccc2)c1Cl.O=C(O)CNCP(=O)([O-])O. The molecule has 0 saturated heterocycles. The van der Waals surface area contributed by atoms with Gasteiger partial charge >= 0.3 is 5.97 Å². The Morgan fingerprint density at radius 1 is 1.15 bits per heavy atom. The first-order valence-corrected chi connectivity index (χ1v) is 18.4. The summed E-state index contributed by atoms with van der Waals surface area (Å²) < 4.78 is 15.4. The molecule has 21 heteroatoms. The highest BCUT2D eigenvalue weighted by atomic mass is 35.5. The molecule has 1 aromatic heterocycles. The molecule has 0 aliphatic rings. The Balaban J connectivity index is 0.000000676. The van der Waals surface area contributed by atoms with Crippen LogP contribution in [0.4, 0.5) is 23.3 Å². The van der Waals surface area contributed by atoms with Crippen LogP contribution in [0.1, 0.15) is 20.8 Å². The average molecular weight is 751 g/mol. The molecule has 1 heterocycles. The number of nitrogens with zero attached hydrogens (tertiary/aromatic N) is 5. The molecule has 7 N–H and O–H groups in total. The second kappa shape index (κ2) is 21.8. The summed E-state index contributed by atoms with van der Waals surface area (Å²) in [7, 11) is -3.71. The molecule has 0 bridgehead atoms. The van der Waals surface area contributed by atoms with Gasteiger partial charge in [-0.25, -0.2) is 0 Å². The van der Waals surface area contributed by atoms with E-state index >= 15 is 0 Å². The van der Waals surface area contributed by atoms with Crippen molar-refractivity contribution in [2.45, 2.75) is 26.3 Å². The van der Waals surface area contributed by atoms with Crippen molar-refractivity contribution in [3.63, 3.8) is 0 Å². The lowest BCUT2D eigenvalue weighted by Crippen LogP contribution is -2.29. The predicted molar refractivity (Wildman–Crippen MR) is 187 cm³/mol. The smallest absolute Gasteiger partial charge is 0.317 e. The molecule has 2 aromatic carbocycles. The number of nitrogen functional groups attached to an aromatic ring is 1. The van der Waals surface area contributed by atoms with Crippen molar-refractivity contribution in [2.75, 3.05) is 54.5 Å². The van der Waals surface area contributed by atoms with Gasteiger partial charge in [-0.05, 0) is 61.5 Å². The molecule has 48 heavy (non-hydrogen) atoms. The summed E-state index contributed by atoms with van der Waals surface area (Å²) in [4.78, 5) is 49.7. The minimum atomic E-state index is -4.35. The lowest BCUT2D eigenvalue weighted by molar-refractivity contribution is -0.383. The third-order valence-electron chi connectivity index (χ3n) is 4.52. The van der Waals surface area contributed by atoms with Crippen LogP contribution in [0.15, 0.2) is 42.5 Å². The predicted octanol–water partition coefficient (Wildman–Crippen LogP) is 3.95. The van der Waals surface area contributed by atoms with Crippen LogP contribution < -0.4 is 31.3 Å². The maximum absolute atomic E-state index is 10.7. The van der Waals surface area contributed by atoms with Crippen molar-refractivity contribution in [3.05, 3.63) is 62.9 Å². The summed E-state index contributed by atoms with van der Waals surface area (Å²) in [5.74, 6) is 0.355. The van der Waals surface area contributed by atoms with Crippen molar-refractivity contribution >= 4 is 70.9 Å². The molecule has 1 unspecified atom stereocenters. The molecule has 3 aromatic rings. The number of carbonyl (C=O) groups is 1. The fraction of sp³-hybridized carbons (Fsp3) is 0.370. The molecular formula is C27H38Cl2N9O8PS. The Bertz CT molecular complexity index is 1560. The minimum Gasteiger partial charge on any atom is -0.778 e. The number of nitro groups is 1. The topological polar surface area (TPSA) is 275 Å². The number of nitro benzene ring substituents is 1. The van der Waals surface area contributed by atoms with Crippen molar-refractivity contribution < 1.29 is 33.9 Å². The maximum Gasteiger partial charge on any atom is 0.317 e. The Kier molecular flexibility index (Phi) is 20.0. The number of nitrogens with one attached hydrogen (secondary N) is 3. The number of hydrogen-bond acceptors (Lipinski definition) is 14. The highest BCUT2D eigenvalue weighted by Crippen LogP contribution is 2.38. The van der Waals surface area contributed by atoms with Crippen molar-refractivity contribution in [1.82, 2.24) is 20.3 Å². The van der Waals surface area contributed by atoms with Gasteiger partial charge in [0.15, 0.2) is 0 Å². The van der Waals surface area contributed by atoms with Crippen LogP contribution >= 0.6 is 30.8 Å². The first-order valence-electron chi connectivity index (χ1n) is 13.5.